The lowest BCUT2D eigenvalue weighted by molar-refractivity contribution is -0.137. The van der Waals surface area contributed by atoms with Gasteiger partial charge in [0.15, 0.2) is 17.5 Å². The zero-order chi connectivity index (χ0) is 17.6. The Morgan fingerprint density at radius 1 is 1.32 bits per heavy atom. The molecule has 8 heteroatoms. The molecule has 1 aromatic carbocycles. The summed E-state index contributed by atoms with van der Waals surface area (Å²) in [6, 6.07) is 7.10. The first-order valence-corrected chi connectivity index (χ1v) is 8.31. The van der Waals surface area contributed by atoms with E-state index in [2.05, 4.69) is 15.2 Å². The summed E-state index contributed by atoms with van der Waals surface area (Å²) in [7, 11) is 0. The number of halogens is 1. The molecule has 3 heterocycles. The summed E-state index contributed by atoms with van der Waals surface area (Å²) in [5, 5.41) is 9.10. The lowest BCUT2D eigenvalue weighted by atomic mass is 10.1. The highest BCUT2D eigenvalue weighted by Gasteiger charge is 2.34. The van der Waals surface area contributed by atoms with Crippen molar-refractivity contribution in [2.24, 2.45) is 0 Å². The molecule has 1 amide bonds. The molecule has 0 saturated heterocycles. The highest BCUT2D eigenvalue weighted by molar-refractivity contribution is 6.31. The lowest BCUT2D eigenvalue weighted by Gasteiger charge is -2.32. The van der Waals surface area contributed by atoms with Gasteiger partial charge in [-0.1, -0.05) is 29.8 Å². The largest absolute Gasteiger partial charge is 0.449 e. The van der Waals surface area contributed by atoms with Crippen molar-refractivity contribution in [2.45, 2.75) is 33.0 Å². The molecule has 0 saturated carbocycles. The summed E-state index contributed by atoms with van der Waals surface area (Å²) in [4.78, 5) is 18.9. The van der Waals surface area contributed by atoms with Gasteiger partial charge in [0.2, 0.25) is 5.91 Å². The van der Waals surface area contributed by atoms with Crippen molar-refractivity contribution in [3.63, 3.8) is 0 Å². The van der Waals surface area contributed by atoms with E-state index in [0.29, 0.717) is 35.5 Å². The molecule has 1 aliphatic rings. The number of amides is 1. The number of carbonyl (C=O) groups is 1. The van der Waals surface area contributed by atoms with Crippen LogP contribution in [0.1, 0.15) is 30.2 Å². The van der Waals surface area contributed by atoms with E-state index in [1.54, 1.807) is 11.8 Å². The van der Waals surface area contributed by atoms with Gasteiger partial charge in [-0.3, -0.25) is 9.36 Å². The SMILES string of the molecule is Cc1nc(-c2nnc3n2[C@@H](C)C(=O)N(Cc2ccccc2Cl)C3)co1. The van der Waals surface area contributed by atoms with Gasteiger partial charge in [-0.25, -0.2) is 4.98 Å². The van der Waals surface area contributed by atoms with Crippen LogP contribution in [0.15, 0.2) is 34.9 Å². The second-order valence-corrected chi connectivity index (χ2v) is 6.43. The minimum absolute atomic E-state index is 0.00585. The van der Waals surface area contributed by atoms with Crippen LogP contribution in [0.5, 0.6) is 0 Å². The summed E-state index contributed by atoms with van der Waals surface area (Å²) >= 11 is 6.22. The number of rotatable bonds is 3. The van der Waals surface area contributed by atoms with Crippen LogP contribution in [-0.2, 0) is 17.9 Å². The zero-order valence-corrected chi connectivity index (χ0v) is 14.6. The highest BCUT2D eigenvalue weighted by atomic mass is 35.5. The minimum atomic E-state index is -0.423. The van der Waals surface area contributed by atoms with Crippen molar-refractivity contribution in [3.05, 3.63) is 52.8 Å². The fourth-order valence-corrected chi connectivity index (χ4v) is 3.26. The number of aromatic nitrogens is 4. The number of fused-ring (bicyclic) bond motifs is 1. The molecule has 128 valence electrons. The van der Waals surface area contributed by atoms with Crippen molar-refractivity contribution < 1.29 is 9.21 Å². The molecule has 0 N–H and O–H groups in total. The number of hydrogen-bond donors (Lipinski definition) is 0. The van der Waals surface area contributed by atoms with Crippen LogP contribution in [-0.4, -0.2) is 30.6 Å². The van der Waals surface area contributed by atoms with Gasteiger partial charge in [-0.05, 0) is 18.6 Å². The van der Waals surface area contributed by atoms with Crippen molar-refractivity contribution in [1.29, 1.82) is 0 Å². The van der Waals surface area contributed by atoms with Crippen LogP contribution >= 0.6 is 11.6 Å². The van der Waals surface area contributed by atoms with Gasteiger partial charge in [-0.2, -0.15) is 0 Å². The second kappa shape index (κ2) is 6.00. The average molecular weight is 358 g/mol. The molecule has 25 heavy (non-hydrogen) atoms. The number of carbonyl (C=O) groups excluding carboxylic acids is 1. The Balaban J connectivity index is 1.67. The van der Waals surface area contributed by atoms with Crippen LogP contribution < -0.4 is 0 Å². The third kappa shape index (κ3) is 2.70. The van der Waals surface area contributed by atoms with Gasteiger partial charge >= 0.3 is 0 Å². The maximum absolute atomic E-state index is 12.9. The number of hydrogen-bond acceptors (Lipinski definition) is 5. The molecule has 3 aromatic rings. The molecule has 0 unspecified atom stereocenters. The summed E-state index contributed by atoms with van der Waals surface area (Å²) in [6.07, 6.45) is 1.53. The number of oxazole rings is 1. The zero-order valence-electron chi connectivity index (χ0n) is 13.8. The standard InChI is InChI=1S/C17H16ClN5O2/c1-10-17(24)22(7-12-5-3-4-6-13(12)18)8-15-20-21-16(23(10)15)14-9-25-11(2)19-14/h3-6,9-10H,7-8H2,1-2H3/t10-/m0/s1. The van der Waals surface area contributed by atoms with E-state index in [1.165, 1.54) is 6.26 Å². The lowest BCUT2D eigenvalue weighted by Crippen LogP contribution is -2.41. The van der Waals surface area contributed by atoms with Crippen LogP contribution in [0.2, 0.25) is 5.02 Å². The van der Waals surface area contributed by atoms with Gasteiger partial charge in [0.25, 0.3) is 0 Å². The molecule has 0 aliphatic carbocycles. The molecule has 0 radical (unpaired) electrons. The average Bonchev–Trinajstić information content (AvgIpc) is 3.20. The van der Waals surface area contributed by atoms with Crippen LogP contribution in [0.4, 0.5) is 0 Å². The quantitative estimate of drug-likeness (QED) is 0.720. The first-order chi connectivity index (χ1) is 12.0. The smallest absolute Gasteiger partial charge is 0.246 e. The molecule has 0 fully saturated rings. The highest BCUT2D eigenvalue weighted by Crippen LogP contribution is 2.29. The van der Waals surface area contributed by atoms with Crippen molar-refractivity contribution in [1.82, 2.24) is 24.6 Å². The third-order valence-corrected chi connectivity index (χ3v) is 4.69. The number of benzene rings is 1. The normalized spacial score (nSPS) is 17.0. The van der Waals surface area contributed by atoms with E-state index < -0.39 is 6.04 Å². The predicted molar refractivity (Wildman–Crippen MR) is 90.7 cm³/mol. The Kier molecular flexibility index (Phi) is 3.80. The van der Waals surface area contributed by atoms with E-state index in [9.17, 15) is 4.79 Å². The van der Waals surface area contributed by atoms with Crippen molar-refractivity contribution in [2.75, 3.05) is 0 Å². The molecule has 1 atom stereocenters. The van der Waals surface area contributed by atoms with Gasteiger partial charge < -0.3 is 9.32 Å². The Morgan fingerprint density at radius 3 is 2.84 bits per heavy atom. The van der Waals surface area contributed by atoms with E-state index in [0.717, 1.165) is 11.4 Å². The third-order valence-electron chi connectivity index (χ3n) is 4.32. The second-order valence-electron chi connectivity index (χ2n) is 6.02. The van der Waals surface area contributed by atoms with E-state index in [1.807, 2.05) is 35.8 Å². The van der Waals surface area contributed by atoms with Gasteiger partial charge in [-0.15, -0.1) is 10.2 Å². The summed E-state index contributed by atoms with van der Waals surface area (Å²) in [6.45, 7) is 4.41. The Labute approximate surface area is 149 Å². The van der Waals surface area contributed by atoms with Crippen LogP contribution in [0.3, 0.4) is 0 Å². The Morgan fingerprint density at radius 2 is 2.12 bits per heavy atom. The maximum atomic E-state index is 12.9. The minimum Gasteiger partial charge on any atom is -0.449 e. The Hall–Kier alpha value is -2.67. The van der Waals surface area contributed by atoms with E-state index >= 15 is 0 Å². The van der Waals surface area contributed by atoms with Crippen LogP contribution in [0.25, 0.3) is 11.5 Å². The predicted octanol–water partition coefficient (Wildman–Crippen LogP) is 3.00. The molecular weight excluding hydrogens is 342 g/mol. The van der Waals surface area contributed by atoms with Gasteiger partial charge in [0.05, 0.1) is 6.54 Å². The van der Waals surface area contributed by atoms with Gasteiger partial charge in [0, 0.05) is 18.5 Å². The topological polar surface area (TPSA) is 77.1 Å². The fraction of sp³-hybridized carbons (Fsp3) is 0.294. The van der Waals surface area contributed by atoms with Gasteiger partial charge in [0.1, 0.15) is 18.0 Å². The van der Waals surface area contributed by atoms with Crippen LogP contribution in [0, 0.1) is 6.92 Å². The summed E-state index contributed by atoms with van der Waals surface area (Å²) < 4.78 is 7.07. The maximum Gasteiger partial charge on any atom is 0.246 e. The fourth-order valence-electron chi connectivity index (χ4n) is 3.07. The first-order valence-electron chi connectivity index (χ1n) is 7.93. The van der Waals surface area contributed by atoms with Crippen molar-refractivity contribution in [3.8, 4) is 11.5 Å². The van der Waals surface area contributed by atoms with E-state index in [-0.39, 0.29) is 5.91 Å². The molecule has 7 nitrogen and oxygen atoms in total. The first kappa shape index (κ1) is 15.8. The molecule has 0 bridgehead atoms. The number of aryl methyl sites for hydroxylation is 1. The molecular formula is C17H16ClN5O2. The molecule has 1 aliphatic heterocycles. The monoisotopic (exact) mass is 357 g/mol. The Bertz CT molecular complexity index is 948. The summed E-state index contributed by atoms with van der Waals surface area (Å²) in [5.74, 6) is 1.80. The summed E-state index contributed by atoms with van der Waals surface area (Å²) in [5.41, 5.74) is 1.49. The molecule has 0 spiro atoms. The van der Waals surface area contributed by atoms with E-state index in [4.69, 9.17) is 16.0 Å². The molecule has 2 aromatic heterocycles. The number of nitrogens with zero attached hydrogens (tertiary/aromatic N) is 5. The van der Waals surface area contributed by atoms with Crippen molar-refractivity contribution >= 4 is 17.5 Å². The molecule has 4 rings (SSSR count).